The third-order valence-corrected chi connectivity index (χ3v) is 4.54. The molecule has 0 radical (unpaired) electrons. The Balaban J connectivity index is 1.63. The zero-order chi connectivity index (χ0) is 14.2. The van der Waals surface area contributed by atoms with Crippen LogP contribution in [-0.4, -0.2) is 24.5 Å². The molecule has 0 aromatic heterocycles. The number of nitrogens with zero attached hydrogens (tertiary/aromatic N) is 1. The van der Waals surface area contributed by atoms with Crippen LogP contribution in [0.3, 0.4) is 0 Å². The SMILES string of the molecule is CCCCCN1CCC(CCc2ccc(F)cc2)CC1. The number of hydrogen-bond acceptors (Lipinski definition) is 1. The molecular weight excluding hydrogens is 249 g/mol. The van der Waals surface area contributed by atoms with Crippen LogP contribution in [0.2, 0.25) is 0 Å². The van der Waals surface area contributed by atoms with Crippen molar-refractivity contribution in [2.75, 3.05) is 19.6 Å². The van der Waals surface area contributed by atoms with Gasteiger partial charge in [0.2, 0.25) is 0 Å². The van der Waals surface area contributed by atoms with E-state index in [0.717, 1.165) is 12.3 Å². The fraction of sp³-hybridized carbons (Fsp3) is 0.667. The first kappa shape index (κ1) is 15.5. The lowest BCUT2D eigenvalue weighted by molar-refractivity contribution is 0.176. The molecule has 112 valence electrons. The number of unbranched alkanes of at least 4 members (excludes halogenated alkanes) is 2. The highest BCUT2D eigenvalue weighted by atomic mass is 19.1. The summed E-state index contributed by atoms with van der Waals surface area (Å²) < 4.78 is 12.8. The van der Waals surface area contributed by atoms with E-state index < -0.39 is 0 Å². The summed E-state index contributed by atoms with van der Waals surface area (Å²) in [5.41, 5.74) is 1.27. The fourth-order valence-corrected chi connectivity index (χ4v) is 3.11. The minimum Gasteiger partial charge on any atom is -0.303 e. The molecule has 0 bridgehead atoms. The van der Waals surface area contributed by atoms with Crippen molar-refractivity contribution in [2.24, 2.45) is 5.92 Å². The summed E-state index contributed by atoms with van der Waals surface area (Å²) >= 11 is 0. The van der Waals surface area contributed by atoms with Crippen molar-refractivity contribution in [1.29, 1.82) is 0 Å². The summed E-state index contributed by atoms with van der Waals surface area (Å²) in [5, 5.41) is 0. The predicted molar refractivity (Wildman–Crippen MR) is 83.4 cm³/mol. The minimum atomic E-state index is -0.130. The van der Waals surface area contributed by atoms with Crippen LogP contribution in [0, 0.1) is 11.7 Å². The van der Waals surface area contributed by atoms with E-state index in [2.05, 4.69) is 11.8 Å². The first-order valence-corrected chi connectivity index (χ1v) is 8.24. The van der Waals surface area contributed by atoms with E-state index in [1.807, 2.05) is 12.1 Å². The number of likely N-dealkylation sites (tertiary alicyclic amines) is 1. The first-order chi connectivity index (χ1) is 9.78. The van der Waals surface area contributed by atoms with Crippen LogP contribution in [0.5, 0.6) is 0 Å². The molecule has 0 saturated carbocycles. The Bertz CT molecular complexity index is 366. The smallest absolute Gasteiger partial charge is 0.123 e. The standard InChI is InChI=1S/C18H28FN/c1-2-3-4-13-20-14-11-17(12-15-20)6-5-16-7-9-18(19)10-8-16/h7-10,17H,2-6,11-15H2,1H3. The van der Waals surface area contributed by atoms with Crippen molar-refractivity contribution in [1.82, 2.24) is 4.90 Å². The van der Waals surface area contributed by atoms with Crippen LogP contribution in [0.4, 0.5) is 4.39 Å². The molecule has 0 aliphatic carbocycles. The second kappa shape index (κ2) is 8.41. The molecule has 0 atom stereocenters. The molecule has 1 fully saturated rings. The van der Waals surface area contributed by atoms with Gasteiger partial charge in [0.25, 0.3) is 0 Å². The van der Waals surface area contributed by atoms with Gasteiger partial charge in [-0.1, -0.05) is 31.9 Å². The molecule has 1 aromatic carbocycles. The molecule has 1 heterocycles. The molecule has 20 heavy (non-hydrogen) atoms. The Morgan fingerprint density at radius 3 is 2.45 bits per heavy atom. The highest BCUT2D eigenvalue weighted by Gasteiger charge is 2.18. The van der Waals surface area contributed by atoms with Gasteiger partial charge in [-0.3, -0.25) is 0 Å². The second-order valence-corrected chi connectivity index (χ2v) is 6.16. The number of hydrogen-bond donors (Lipinski definition) is 0. The normalized spacial score (nSPS) is 17.5. The summed E-state index contributed by atoms with van der Waals surface area (Å²) in [4.78, 5) is 2.63. The lowest BCUT2D eigenvalue weighted by Gasteiger charge is -2.32. The van der Waals surface area contributed by atoms with E-state index in [9.17, 15) is 4.39 Å². The van der Waals surface area contributed by atoms with Crippen LogP contribution in [0.15, 0.2) is 24.3 Å². The van der Waals surface area contributed by atoms with Gasteiger partial charge in [0, 0.05) is 0 Å². The van der Waals surface area contributed by atoms with Gasteiger partial charge >= 0.3 is 0 Å². The molecule has 0 N–H and O–H groups in total. The van der Waals surface area contributed by atoms with Crippen molar-refractivity contribution in [3.63, 3.8) is 0 Å². The highest BCUT2D eigenvalue weighted by Crippen LogP contribution is 2.22. The van der Waals surface area contributed by atoms with Crippen LogP contribution >= 0.6 is 0 Å². The van der Waals surface area contributed by atoms with Crippen LogP contribution < -0.4 is 0 Å². The molecule has 1 aromatic rings. The minimum absolute atomic E-state index is 0.130. The van der Waals surface area contributed by atoms with Crippen molar-refractivity contribution < 1.29 is 4.39 Å². The van der Waals surface area contributed by atoms with E-state index in [1.54, 1.807) is 12.1 Å². The molecule has 1 aliphatic heterocycles. The molecule has 2 heteroatoms. The van der Waals surface area contributed by atoms with Gasteiger partial charge in [0.05, 0.1) is 0 Å². The van der Waals surface area contributed by atoms with Gasteiger partial charge in [0.15, 0.2) is 0 Å². The zero-order valence-electron chi connectivity index (χ0n) is 12.8. The summed E-state index contributed by atoms with van der Waals surface area (Å²) in [5.74, 6) is 0.733. The van der Waals surface area contributed by atoms with E-state index >= 15 is 0 Å². The van der Waals surface area contributed by atoms with Crippen LogP contribution in [-0.2, 0) is 6.42 Å². The average molecular weight is 277 g/mol. The Hall–Kier alpha value is -0.890. The third kappa shape index (κ3) is 5.24. The van der Waals surface area contributed by atoms with Crippen molar-refractivity contribution in [2.45, 2.75) is 51.9 Å². The summed E-state index contributed by atoms with van der Waals surface area (Å²) in [6.07, 6.45) is 9.07. The molecule has 0 unspecified atom stereocenters. The van der Waals surface area contributed by atoms with Crippen molar-refractivity contribution >= 4 is 0 Å². The average Bonchev–Trinajstić information content (AvgIpc) is 2.48. The Morgan fingerprint density at radius 2 is 1.80 bits per heavy atom. The monoisotopic (exact) mass is 277 g/mol. The molecule has 0 spiro atoms. The Labute approximate surface area is 123 Å². The Morgan fingerprint density at radius 1 is 1.10 bits per heavy atom. The third-order valence-electron chi connectivity index (χ3n) is 4.54. The van der Waals surface area contributed by atoms with Crippen molar-refractivity contribution in [3.05, 3.63) is 35.6 Å². The summed E-state index contributed by atoms with van der Waals surface area (Å²) in [7, 11) is 0. The largest absolute Gasteiger partial charge is 0.303 e. The second-order valence-electron chi connectivity index (χ2n) is 6.16. The molecule has 1 aliphatic rings. The number of rotatable bonds is 7. The first-order valence-electron chi connectivity index (χ1n) is 8.24. The Kier molecular flexibility index (Phi) is 6.52. The zero-order valence-corrected chi connectivity index (χ0v) is 12.8. The molecule has 0 amide bonds. The topological polar surface area (TPSA) is 3.24 Å². The van der Waals surface area contributed by atoms with E-state index in [4.69, 9.17) is 0 Å². The van der Waals surface area contributed by atoms with Gasteiger partial charge in [-0.15, -0.1) is 0 Å². The summed E-state index contributed by atoms with van der Waals surface area (Å²) in [6, 6.07) is 7.00. The van der Waals surface area contributed by atoms with E-state index in [-0.39, 0.29) is 5.82 Å². The van der Waals surface area contributed by atoms with Crippen molar-refractivity contribution in [3.8, 4) is 0 Å². The van der Waals surface area contributed by atoms with E-state index in [0.29, 0.717) is 0 Å². The molecule has 1 nitrogen and oxygen atoms in total. The highest BCUT2D eigenvalue weighted by molar-refractivity contribution is 5.16. The number of halogens is 1. The van der Waals surface area contributed by atoms with Crippen LogP contribution in [0.1, 0.15) is 51.0 Å². The molecule has 1 saturated heterocycles. The lowest BCUT2D eigenvalue weighted by Crippen LogP contribution is -2.34. The molecule has 2 rings (SSSR count). The number of piperidine rings is 1. The van der Waals surface area contributed by atoms with Gasteiger partial charge < -0.3 is 4.90 Å². The van der Waals surface area contributed by atoms with Gasteiger partial charge in [-0.25, -0.2) is 4.39 Å². The number of benzene rings is 1. The quantitative estimate of drug-likeness (QED) is 0.655. The van der Waals surface area contributed by atoms with Gasteiger partial charge in [-0.05, 0) is 75.4 Å². The number of aryl methyl sites for hydroxylation is 1. The van der Waals surface area contributed by atoms with Gasteiger partial charge in [-0.2, -0.15) is 0 Å². The summed E-state index contributed by atoms with van der Waals surface area (Å²) in [6.45, 7) is 6.11. The maximum atomic E-state index is 12.8. The van der Waals surface area contributed by atoms with Gasteiger partial charge in [0.1, 0.15) is 5.82 Å². The van der Waals surface area contributed by atoms with Crippen LogP contribution in [0.25, 0.3) is 0 Å². The molecular formula is C18H28FN. The van der Waals surface area contributed by atoms with E-state index in [1.165, 1.54) is 63.7 Å². The lowest BCUT2D eigenvalue weighted by atomic mass is 9.90. The predicted octanol–water partition coefficient (Wildman–Crippen LogP) is 4.66. The maximum absolute atomic E-state index is 12.8. The maximum Gasteiger partial charge on any atom is 0.123 e. The fourth-order valence-electron chi connectivity index (χ4n) is 3.11.